The molecule has 0 bridgehead atoms. The van der Waals surface area contributed by atoms with E-state index in [1.54, 1.807) is 19.2 Å². The number of hydrogen-bond acceptors (Lipinski definition) is 4. The zero-order valence-electron chi connectivity index (χ0n) is 18.2. The van der Waals surface area contributed by atoms with Crippen molar-refractivity contribution in [2.45, 2.75) is 27.0 Å². The van der Waals surface area contributed by atoms with E-state index in [1.165, 1.54) is 0 Å². The number of hydrogen-bond donors (Lipinski definition) is 2. The fourth-order valence-corrected chi connectivity index (χ4v) is 3.29. The van der Waals surface area contributed by atoms with Crippen LogP contribution in [0.3, 0.4) is 0 Å². The molecule has 0 aromatic heterocycles. The van der Waals surface area contributed by atoms with Crippen LogP contribution in [0.4, 0.5) is 11.4 Å². The number of ether oxygens (including phenoxy) is 2. The van der Waals surface area contributed by atoms with E-state index in [9.17, 15) is 4.79 Å². The summed E-state index contributed by atoms with van der Waals surface area (Å²) in [6.45, 7) is 4.58. The highest BCUT2D eigenvalue weighted by molar-refractivity contribution is 6.42. The third-order valence-electron chi connectivity index (χ3n) is 4.81. The molecule has 1 amide bonds. The minimum Gasteiger partial charge on any atom is -0.493 e. The average Bonchev–Trinajstić information content (AvgIpc) is 2.79. The van der Waals surface area contributed by atoms with E-state index in [2.05, 4.69) is 10.6 Å². The van der Waals surface area contributed by atoms with Gasteiger partial charge in [-0.25, -0.2) is 0 Å². The lowest BCUT2D eigenvalue weighted by molar-refractivity contribution is -0.118. The van der Waals surface area contributed by atoms with Crippen LogP contribution in [0.15, 0.2) is 60.7 Å². The molecule has 7 heteroatoms. The number of rotatable bonds is 9. The normalized spacial score (nSPS) is 10.7. The van der Waals surface area contributed by atoms with E-state index in [4.69, 9.17) is 32.7 Å². The molecular formula is C25H26Cl2N2O3. The van der Waals surface area contributed by atoms with Gasteiger partial charge in [-0.2, -0.15) is 0 Å². The number of nitrogens with one attached hydrogen (secondary N) is 2. The Balaban J connectivity index is 1.68. The van der Waals surface area contributed by atoms with Gasteiger partial charge in [-0.3, -0.25) is 4.79 Å². The largest absolute Gasteiger partial charge is 0.493 e. The van der Waals surface area contributed by atoms with Crippen molar-refractivity contribution in [1.29, 1.82) is 0 Å². The Morgan fingerprint density at radius 2 is 1.69 bits per heavy atom. The maximum atomic E-state index is 11.8. The molecule has 0 heterocycles. The van der Waals surface area contributed by atoms with Crippen LogP contribution in [-0.2, 0) is 17.9 Å². The van der Waals surface area contributed by atoms with Gasteiger partial charge in [0.05, 0.1) is 17.2 Å². The van der Waals surface area contributed by atoms with Crippen LogP contribution in [0, 0.1) is 5.92 Å². The topological polar surface area (TPSA) is 59.6 Å². The summed E-state index contributed by atoms with van der Waals surface area (Å²) in [5.41, 5.74) is 3.54. The lowest BCUT2D eigenvalue weighted by Crippen LogP contribution is -2.17. The third-order valence-corrected chi connectivity index (χ3v) is 5.55. The van der Waals surface area contributed by atoms with Crippen LogP contribution in [-0.4, -0.2) is 13.0 Å². The standard InChI is InChI=1S/C25H26Cl2N2O3/c1-16(2)25(30)29-20-10-8-19(9-11-20)28-14-18-5-4-6-23(31-3)24(18)32-15-17-7-12-21(26)22(27)13-17/h4-13,16,28H,14-15H2,1-3H3,(H,29,30). The molecule has 5 nitrogen and oxygen atoms in total. The molecule has 0 saturated carbocycles. The summed E-state index contributed by atoms with van der Waals surface area (Å²) in [6.07, 6.45) is 0. The van der Waals surface area contributed by atoms with Crippen molar-refractivity contribution in [3.63, 3.8) is 0 Å². The van der Waals surface area contributed by atoms with Crippen molar-refractivity contribution in [2.24, 2.45) is 5.92 Å². The zero-order chi connectivity index (χ0) is 23.1. The Labute approximate surface area is 198 Å². The highest BCUT2D eigenvalue weighted by Gasteiger charge is 2.12. The number of methoxy groups -OCH3 is 1. The SMILES string of the molecule is COc1cccc(CNc2ccc(NC(=O)C(C)C)cc2)c1OCc1ccc(Cl)c(Cl)c1. The average molecular weight is 473 g/mol. The number of para-hydroxylation sites is 1. The predicted octanol–water partition coefficient (Wildman–Crippen LogP) is 6.79. The molecule has 0 unspecified atom stereocenters. The van der Waals surface area contributed by atoms with Crippen molar-refractivity contribution in [2.75, 3.05) is 17.7 Å². The van der Waals surface area contributed by atoms with Crippen molar-refractivity contribution >= 4 is 40.5 Å². The number of carbonyl (C=O) groups is 1. The Bertz CT molecular complexity index is 1070. The summed E-state index contributed by atoms with van der Waals surface area (Å²) in [7, 11) is 1.61. The van der Waals surface area contributed by atoms with Gasteiger partial charge in [0.25, 0.3) is 0 Å². The number of anilines is 2. The van der Waals surface area contributed by atoms with E-state index < -0.39 is 0 Å². The Morgan fingerprint density at radius 3 is 2.34 bits per heavy atom. The molecule has 3 aromatic rings. The Morgan fingerprint density at radius 1 is 0.969 bits per heavy atom. The highest BCUT2D eigenvalue weighted by atomic mass is 35.5. The van der Waals surface area contributed by atoms with Gasteiger partial charge in [0.2, 0.25) is 5.91 Å². The zero-order valence-corrected chi connectivity index (χ0v) is 19.8. The first kappa shape index (κ1) is 23.8. The summed E-state index contributed by atoms with van der Waals surface area (Å²) in [5, 5.41) is 7.26. The van der Waals surface area contributed by atoms with Gasteiger partial charge < -0.3 is 20.1 Å². The van der Waals surface area contributed by atoms with E-state index in [-0.39, 0.29) is 11.8 Å². The highest BCUT2D eigenvalue weighted by Crippen LogP contribution is 2.33. The molecule has 168 valence electrons. The van der Waals surface area contributed by atoms with Crippen LogP contribution < -0.4 is 20.1 Å². The summed E-state index contributed by atoms with van der Waals surface area (Å²) in [6, 6.07) is 18.8. The lowest BCUT2D eigenvalue weighted by Gasteiger charge is -2.16. The molecule has 0 aliphatic rings. The summed E-state index contributed by atoms with van der Waals surface area (Å²) < 4.78 is 11.6. The fourth-order valence-electron chi connectivity index (χ4n) is 2.97. The Kier molecular flexibility index (Phi) is 8.26. The molecule has 0 aliphatic carbocycles. The van der Waals surface area contributed by atoms with Gasteiger partial charge in [-0.1, -0.05) is 55.2 Å². The van der Waals surface area contributed by atoms with Gasteiger partial charge in [0.15, 0.2) is 11.5 Å². The van der Waals surface area contributed by atoms with Crippen molar-refractivity contribution in [3.05, 3.63) is 81.8 Å². The summed E-state index contributed by atoms with van der Waals surface area (Å²) in [5.74, 6) is 1.24. The van der Waals surface area contributed by atoms with Crippen LogP contribution in [0.1, 0.15) is 25.0 Å². The van der Waals surface area contributed by atoms with E-state index in [0.29, 0.717) is 34.7 Å². The minimum absolute atomic E-state index is 0.00847. The van der Waals surface area contributed by atoms with E-state index in [0.717, 1.165) is 22.5 Å². The van der Waals surface area contributed by atoms with Gasteiger partial charge in [-0.05, 0) is 48.0 Å². The summed E-state index contributed by atoms with van der Waals surface area (Å²) in [4.78, 5) is 11.8. The first-order chi connectivity index (χ1) is 15.4. The molecule has 0 aliphatic heterocycles. The molecule has 0 fully saturated rings. The van der Waals surface area contributed by atoms with Gasteiger partial charge in [0, 0.05) is 29.4 Å². The second kappa shape index (κ2) is 11.1. The molecule has 0 spiro atoms. The van der Waals surface area contributed by atoms with Crippen molar-refractivity contribution in [3.8, 4) is 11.5 Å². The number of amides is 1. The predicted molar refractivity (Wildman–Crippen MR) is 131 cm³/mol. The van der Waals surface area contributed by atoms with Crippen LogP contribution in [0.25, 0.3) is 0 Å². The second-order valence-electron chi connectivity index (χ2n) is 7.56. The maximum absolute atomic E-state index is 11.8. The third kappa shape index (κ3) is 6.31. The van der Waals surface area contributed by atoms with Crippen molar-refractivity contribution < 1.29 is 14.3 Å². The number of benzene rings is 3. The molecule has 3 aromatic carbocycles. The van der Waals surface area contributed by atoms with Gasteiger partial charge in [0.1, 0.15) is 6.61 Å². The first-order valence-corrected chi connectivity index (χ1v) is 11.0. The van der Waals surface area contributed by atoms with E-state index >= 15 is 0 Å². The molecule has 0 atom stereocenters. The fraction of sp³-hybridized carbons (Fsp3) is 0.240. The minimum atomic E-state index is -0.0665. The molecule has 2 N–H and O–H groups in total. The molecule has 0 saturated heterocycles. The maximum Gasteiger partial charge on any atom is 0.226 e. The molecule has 0 radical (unpaired) electrons. The number of carbonyl (C=O) groups excluding carboxylic acids is 1. The van der Waals surface area contributed by atoms with E-state index in [1.807, 2.05) is 62.4 Å². The van der Waals surface area contributed by atoms with Crippen molar-refractivity contribution in [1.82, 2.24) is 0 Å². The quantitative estimate of drug-likeness (QED) is 0.359. The van der Waals surface area contributed by atoms with Crippen LogP contribution in [0.2, 0.25) is 10.0 Å². The first-order valence-electron chi connectivity index (χ1n) is 10.2. The van der Waals surface area contributed by atoms with Crippen LogP contribution in [0.5, 0.6) is 11.5 Å². The van der Waals surface area contributed by atoms with Crippen LogP contribution >= 0.6 is 23.2 Å². The Hall–Kier alpha value is -2.89. The van der Waals surface area contributed by atoms with Gasteiger partial charge >= 0.3 is 0 Å². The summed E-state index contributed by atoms with van der Waals surface area (Å²) >= 11 is 12.1. The molecule has 32 heavy (non-hydrogen) atoms. The van der Waals surface area contributed by atoms with Gasteiger partial charge in [-0.15, -0.1) is 0 Å². The second-order valence-corrected chi connectivity index (χ2v) is 8.37. The lowest BCUT2D eigenvalue weighted by atomic mass is 10.1. The smallest absolute Gasteiger partial charge is 0.226 e. The molecular weight excluding hydrogens is 447 g/mol. The monoisotopic (exact) mass is 472 g/mol. The molecule has 3 rings (SSSR count). The number of halogens is 2.